The summed E-state index contributed by atoms with van der Waals surface area (Å²) < 4.78 is 12.0. The first kappa shape index (κ1) is 26.9. The van der Waals surface area contributed by atoms with E-state index in [1.54, 1.807) is 6.08 Å². The van der Waals surface area contributed by atoms with Crippen LogP contribution < -0.4 is 0 Å². The molecule has 34 heavy (non-hydrogen) atoms. The van der Waals surface area contributed by atoms with Crippen LogP contribution >= 0.6 is 0 Å². The van der Waals surface area contributed by atoms with Crippen molar-refractivity contribution in [2.24, 2.45) is 23.7 Å². The van der Waals surface area contributed by atoms with E-state index < -0.39 is 30.4 Å². The maximum atomic E-state index is 11.0. The maximum Gasteiger partial charge on any atom is 0.305 e. The molecule has 0 unspecified atom stereocenters. The van der Waals surface area contributed by atoms with Crippen LogP contribution in [0.1, 0.15) is 60.3 Å². The van der Waals surface area contributed by atoms with E-state index in [-0.39, 0.29) is 25.0 Å². The number of hydrogen-bond acceptors (Lipinski definition) is 5. The molecule has 0 spiro atoms. The van der Waals surface area contributed by atoms with Gasteiger partial charge in [0.05, 0.1) is 30.8 Å². The SMILES string of the molecule is CC[C@H]1O[C@@H](/C(C)=C/[C@H](C)C=C[C@H]2[C@@H](C)[C@@H]2C=C[C@@H]2O[C@H](CC(=O)O)C[C@H](O)[C@H]2O)CC=C1C. The molecule has 6 nitrogen and oxygen atoms in total. The van der Waals surface area contributed by atoms with Gasteiger partial charge >= 0.3 is 5.97 Å². The minimum atomic E-state index is -1.04. The third-order valence-corrected chi connectivity index (χ3v) is 7.56. The fourth-order valence-electron chi connectivity index (χ4n) is 5.22. The number of aliphatic hydroxyl groups is 2. The monoisotopic (exact) mass is 474 g/mol. The highest BCUT2D eigenvalue weighted by Crippen LogP contribution is 2.48. The summed E-state index contributed by atoms with van der Waals surface area (Å²) in [6.45, 7) is 10.9. The van der Waals surface area contributed by atoms with Gasteiger partial charge < -0.3 is 24.8 Å². The molecule has 1 saturated carbocycles. The Bertz CT molecular complexity index is 827. The minimum Gasteiger partial charge on any atom is -0.481 e. The predicted molar refractivity (Wildman–Crippen MR) is 132 cm³/mol. The molecule has 6 heteroatoms. The Kier molecular flexibility index (Phi) is 9.33. The average Bonchev–Trinajstić information content (AvgIpc) is 3.40. The molecular weight excluding hydrogens is 432 g/mol. The Hall–Kier alpha value is -1.73. The second-order valence-electron chi connectivity index (χ2n) is 10.4. The van der Waals surface area contributed by atoms with E-state index >= 15 is 0 Å². The van der Waals surface area contributed by atoms with Crippen LogP contribution in [0.3, 0.4) is 0 Å². The molecule has 0 radical (unpaired) electrons. The predicted octanol–water partition coefficient (Wildman–Crippen LogP) is 4.43. The Labute approximate surface area is 204 Å². The minimum absolute atomic E-state index is 0.134. The molecule has 2 heterocycles. The normalized spacial score (nSPS) is 39.9. The van der Waals surface area contributed by atoms with Crippen LogP contribution in [0.2, 0.25) is 0 Å². The molecule has 2 aliphatic heterocycles. The molecule has 2 fully saturated rings. The van der Waals surface area contributed by atoms with Crippen molar-refractivity contribution in [3.05, 3.63) is 47.6 Å². The molecule has 3 aliphatic rings. The van der Waals surface area contributed by atoms with Gasteiger partial charge in [-0.1, -0.05) is 57.2 Å². The molecule has 1 aliphatic carbocycles. The summed E-state index contributed by atoms with van der Waals surface area (Å²) in [7, 11) is 0. The van der Waals surface area contributed by atoms with Crippen LogP contribution in [-0.4, -0.2) is 57.9 Å². The van der Waals surface area contributed by atoms with E-state index in [2.05, 4.69) is 58.9 Å². The Morgan fingerprint density at radius 1 is 1.21 bits per heavy atom. The zero-order valence-electron chi connectivity index (χ0n) is 21.1. The zero-order chi connectivity index (χ0) is 25.0. The van der Waals surface area contributed by atoms with Crippen molar-refractivity contribution in [3.63, 3.8) is 0 Å². The van der Waals surface area contributed by atoms with Gasteiger partial charge in [-0.15, -0.1) is 0 Å². The van der Waals surface area contributed by atoms with Crippen molar-refractivity contribution in [1.29, 1.82) is 0 Å². The lowest BCUT2D eigenvalue weighted by atomic mass is 9.95. The number of aliphatic carboxylic acids is 1. The highest BCUT2D eigenvalue weighted by Gasteiger charge is 2.43. The van der Waals surface area contributed by atoms with Crippen molar-refractivity contribution in [2.75, 3.05) is 0 Å². The Balaban J connectivity index is 1.53. The molecule has 3 rings (SSSR count). The Morgan fingerprint density at radius 2 is 1.91 bits per heavy atom. The summed E-state index contributed by atoms with van der Waals surface area (Å²) in [4.78, 5) is 11.0. The number of carboxylic acid groups (broad SMARTS) is 1. The highest BCUT2D eigenvalue weighted by atomic mass is 16.5. The molecule has 3 N–H and O–H groups in total. The fourth-order valence-corrected chi connectivity index (χ4v) is 5.22. The number of ether oxygens (including phenoxy) is 2. The molecule has 0 bridgehead atoms. The molecule has 0 amide bonds. The molecule has 10 atom stereocenters. The second kappa shape index (κ2) is 11.8. The van der Waals surface area contributed by atoms with Crippen LogP contribution in [0.25, 0.3) is 0 Å². The third-order valence-electron chi connectivity index (χ3n) is 7.56. The van der Waals surface area contributed by atoms with Crippen molar-refractivity contribution in [3.8, 4) is 0 Å². The summed E-state index contributed by atoms with van der Waals surface area (Å²) in [5.74, 6) is 0.603. The van der Waals surface area contributed by atoms with Gasteiger partial charge in [0.1, 0.15) is 12.2 Å². The van der Waals surface area contributed by atoms with Gasteiger partial charge in [0, 0.05) is 6.42 Å². The van der Waals surface area contributed by atoms with Crippen molar-refractivity contribution >= 4 is 5.97 Å². The second-order valence-corrected chi connectivity index (χ2v) is 10.4. The molecule has 190 valence electrons. The lowest BCUT2D eigenvalue weighted by molar-refractivity contribution is -0.163. The number of allylic oxidation sites excluding steroid dienone is 4. The highest BCUT2D eigenvalue weighted by molar-refractivity contribution is 5.67. The Morgan fingerprint density at radius 3 is 2.59 bits per heavy atom. The van der Waals surface area contributed by atoms with Crippen molar-refractivity contribution in [1.82, 2.24) is 0 Å². The summed E-state index contributed by atoms with van der Waals surface area (Å²) >= 11 is 0. The van der Waals surface area contributed by atoms with E-state index in [0.29, 0.717) is 23.7 Å². The van der Waals surface area contributed by atoms with Gasteiger partial charge in [0.2, 0.25) is 0 Å². The summed E-state index contributed by atoms with van der Waals surface area (Å²) in [5.41, 5.74) is 2.61. The van der Waals surface area contributed by atoms with Crippen molar-refractivity contribution in [2.45, 2.75) is 96.9 Å². The van der Waals surface area contributed by atoms with Crippen LogP contribution in [0, 0.1) is 23.7 Å². The maximum absolute atomic E-state index is 11.0. The molecule has 0 aromatic carbocycles. The van der Waals surface area contributed by atoms with Crippen LogP contribution in [0.4, 0.5) is 0 Å². The van der Waals surface area contributed by atoms with E-state index in [1.807, 2.05) is 6.08 Å². The first-order valence-electron chi connectivity index (χ1n) is 12.7. The first-order valence-corrected chi connectivity index (χ1v) is 12.7. The van der Waals surface area contributed by atoms with Crippen molar-refractivity contribution < 1.29 is 29.6 Å². The van der Waals surface area contributed by atoms with E-state index in [1.165, 1.54) is 11.1 Å². The molecule has 0 aromatic heterocycles. The van der Waals surface area contributed by atoms with E-state index in [9.17, 15) is 15.0 Å². The number of hydrogen-bond donors (Lipinski definition) is 3. The van der Waals surface area contributed by atoms with Gasteiger partial charge in [0.25, 0.3) is 0 Å². The smallest absolute Gasteiger partial charge is 0.305 e. The summed E-state index contributed by atoms with van der Waals surface area (Å²) in [5, 5.41) is 29.3. The summed E-state index contributed by atoms with van der Waals surface area (Å²) in [6.07, 6.45) is 11.9. The van der Waals surface area contributed by atoms with Gasteiger partial charge in [0.15, 0.2) is 0 Å². The van der Waals surface area contributed by atoms with Gasteiger partial charge in [-0.05, 0) is 61.5 Å². The average molecular weight is 475 g/mol. The zero-order valence-corrected chi connectivity index (χ0v) is 21.1. The van der Waals surface area contributed by atoms with Crippen LogP contribution in [0.5, 0.6) is 0 Å². The number of aliphatic hydroxyl groups excluding tert-OH is 2. The molecule has 1 saturated heterocycles. The molecule has 0 aromatic rings. The van der Waals surface area contributed by atoms with Crippen LogP contribution in [0.15, 0.2) is 47.6 Å². The fraction of sp³-hybridized carbons (Fsp3) is 0.679. The number of carbonyl (C=O) groups is 1. The largest absolute Gasteiger partial charge is 0.481 e. The number of carboxylic acids is 1. The van der Waals surface area contributed by atoms with E-state index in [4.69, 9.17) is 14.6 Å². The standard InChI is InChI=1S/C28H42O6/c1-6-24-17(3)8-11-25(34-24)18(4)13-16(2)7-9-21-19(5)22(21)10-12-26-28(32)23(29)14-20(33-26)15-27(30)31/h7-10,12-13,16,19-26,28-29,32H,6,11,14-15H2,1-5H3,(H,30,31)/b9-7?,12-10?,18-13+/t16-,19-,20+,21+,22+,23+,24-,25-,26+,28-/m1/s1. The quantitative estimate of drug-likeness (QED) is 0.428. The third kappa shape index (κ3) is 6.91. The van der Waals surface area contributed by atoms with Crippen LogP contribution in [-0.2, 0) is 14.3 Å². The summed E-state index contributed by atoms with van der Waals surface area (Å²) in [6, 6.07) is 0. The van der Waals surface area contributed by atoms with Gasteiger partial charge in [-0.3, -0.25) is 4.79 Å². The first-order chi connectivity index (χ1) is 16.1. The lowest BCUT2D eigenvalue weighted by Crippen LogP contribution is -2.47. The van der Waals surface area contributed by atoms with Gasteiger partial charge in [-0.2, -0.15) is 0 Å². The van der Waals surface area contributed by atoms with Gasteiger partial charge in [-0.25, -0.2) is 0 Å². The topological polar surface area (TPSA) is 96.2 Å². The lowest BCUT2D eigenvalue weighted by Gasteiger charge is -2.35. The van der Waals surface area contributed by atoms with E-state index in [0.717, 1.165) is 12.8 Å². The molecular formula is C28H42O6. The number of rotatable bonds is 9.